The predicted molar refractivity (Wildman–Crippen MR) is 87.0 cm³/mol. The molecule has 0 aliphatic rings. The van der Waals surface area contributed by atoms with Crippen LogP contribution >= 0.6 is 0 Å². The summed E-state index contributed by atoms with van der Waals surface area (Å²) < 4.78 is 1.70. The highest BCUT2D eigenvalue weighted by Crippen LogP contribution is 2.30. The molecule has 0 bridgehead atoms. The van der Waals surface area contributed by atoms with Gasteiger partial charge in [-0.1, -0.05) is 18.2 Å². The van der Waals surface area contributed by atoms with Crippen molar-refractivity contribution in [3.05, 3.63) is 69.4 Å². The van der Waals surface area contributed by atoms with Crippen LogP contribution in [-0.4, -0.2) is 9.49 Å². The molecule has 1 heterocycles. The Labute approximate surface area is 125 Å². The second-order valence-corrected chi connectivity index (χ2v) is 4.90. The summed E-state index contributed by atoms with van der Waals surface area (Å²) >= 11 is 0. The van der Waals surface area contributed by atoms with Crippen molar-refractivity contribution in [2.24, 2.45) is 0 Å². The van der Waals surface area contributed by atoms with Gasteiger partial charge in [0.25, 0.3) is 5.69 Å². The number of hydrogen-bond donors (Lipinski definition) is 1. The number of allylic oxidation sites excluding steroid dienone is 1. The van der Waals surface area contributed by atoms with E-state index in [2.05, 4.69) is 6.58 Å². The van der Waals surface area contributed by atoms with Crippen LogP contribution in [0, 0.1) is 10.1 Å². The maximum absolute atomic E-state index is 12.7. The number of benzene rings is 2. The van der Waals surface area contributed by atoms with Gasteiger partial charge in [-0.2, -0.15) is 0 Å². The summed E-state index contributed by atoms with van der Waals surface area (Å²) in [6.45, 7) is 4.02. The number of nitrogen functional groups attached to an aromatic ring is 1. The van der Waals surface area contributed by atoms with Crippen LogP contribution in [0.2, 0.25) is 0 Å². The van der Waals surface area contributed by atoms with Gasteiger partial charge in [-0.05, 0) is 18.2 Å². The van der Waals surface area contributed by atoms with E-state index in [-0.39, 0.29) is 27.7 Å². The Balaban J connectivity index is 2.71. The molecule has 0 saturated carbocycles. The third-order valence-corrected chi connectivity index (χ3v) is 3.63. The van der Waals surface area contributed by atoms with Gasteiger partial charge in [-0.3, -0.25) is 14.9 Å². The van der Waals surface area contributed by atoms with E-state index < -0.39 is 4.92 Å². The van der Waals surface area contributed by atoms with Crippen LogP contribution in [0.3, 0.4) is 0 Å². The average Bonchev–Trinajstić information content (AvgIpc) is 2.51. The first kappa shape index (κ1) is 13.8. The van der Waals surface area contributed by atoms with Gasteiger partial charge in [0.2, 0.25) is 0 Å². The number of non-ortho nitro benzene ring substituents is 1. The Bertz CT molecular complexity index is 989. The standard InChI is InChI=1S/C16H13N3O3/c1-2-9-18-12-6-4-3-5-10(12)16(20)14-11(17)7-8-13(15(14)18)19(21)22/h2-8H,1,9,17H2. The number of anilines is 1. The van der Waals surface area contributed by atoms with Gasteiger partial charge in [0.15, 0.2) is 5.43 Å². The molecule has 0 unspecified atom stereocenters. The number of nitrogens with zero attached hydrogens (tertiary/aromatic N) is 2. The van der Waals surface area contributed by atoms with Crippen molar-refractivity contribution in [1.82, 2.24) is 4.57 Å². The van der Waals surface area contributed by atoms with Crippen LogP contribution in [-0.2, 0) is 6.54 Å². The van der Waals surface area contributed by atoms with Crippen LogP contribution < -0.4 is 11.2 Å². The maximum atomic E-state index is 12.7. The number of nitrogens with two attached hydrogens (primary N) is 1. The quantitative estimate of drug-likeness (QED) is 0.264. The number of hydrogen-bond acceptors (Lipinski definition) is 4. The molecule has 0 amide bonds. The molecule has 3 rings (SSSR count). The minimum Gasteiger partial charge on any atom is -0.398 e. The van der Waals surface area contributed by atoms with Crippen LogP contribution in [0.25, 0.3) is 21.8 Å². The van der Waals surface area contributed by atoms with Gasteiger partial charge in [0.1, 0.15) is 5.52 Å². The van der Waals surface area contributed by atoms with E-state index in [1.54, 1.807) is 34.9 Å². The molecule has 0 atom stereocenters. The topological polar surface area (TPSA) is 91.2 Å². The normalized spacial score (nSPS) is 10.9. The minimum absolute atomic E-state index is 0.145. The molecular weight excluding hydrogens is 282 g/mol. The Morgan fingerprint density at radius 3 is 2.68 bits per heavy atom. The molecule has 0 radical (unpaired) electrons. The summed E-state index contributed by atoms with van der Waals surface area (Å²) in [5.41, 5.74) is 6.56. The second kappa shape index (κ2) is 5.00. The lowest BCUT2D eigenvalue weighted by molar-refractivity contribution is -0.383. The van der Waals surface area contributed by atoms with E-state index >= 15 is 0 Å². The SMILES string of the molecule is C=CCn1c2ccccc2c(=O)c2c(N)ccc([N+](=O)[O-])c21. The van der Waals surface area contributed by atoms with Crippen molar-refractivity contribution in [2.45, 2.75) is 6.54 Å². The van der Waals surface area contributed by atoms with Crippen molar-refractivity contribution in [1.29, 1.82) is 0 Å². The summed E-state index contributed by atoms with van der Waals surface area (Å²) in [7, 11) is 0. The monoisotopic (exact) mass is 295 g/mol. The van der Waals surface area contributed by atoms with Gasteiger partial charge in [0.05, 0.1) is 15.8 Å². The van der Waals surface area contributed by atoms with Crippen molar-refractivity contribution in [3.63, 3.8) is 0 Å². The molecule has 6 heteroatoms. The summed E-state index contributed by atoms with van der Waals surface area (Å²) in [5, 5.41) is 12.0. The summed E-state index contributed by atoms with van der Waals surface area (Å²) in [6, 6.07) is 9.70. The summed E-state index contributed by atoms with van der Waals surface area (Å²) in [4.78, 5) is 23.5. The molecule has 110 valence electrons. The Morgan fingerprint density at radius 2 is 2.00 bits per heavy atom. The molecule has 0 spiro atoms. The maximum Gasteiger partial charge on any atom is 0.293 e. The first-order valence-corrected chi connectivity index (χ1v) is 6.65. The molecule has 3 aromatic rings. The zero-order chi connectivity index (χ0) is 15.9. The van der Waals surface area contributed by atoms with Crippen LogP contribution in [0.1, 0.15) is 0 Å². The Hall–Kier alpha value is -3.15. The number of fused-ring (bicyclic) bond motifs is 2. The first-order chi connectivity index (χ1) is 10.6. The van der Waals surface area contributed by atoms with E-state index in [0.717, 1.165) is 0 Å². The largest absolute Gasteiger partial charge is 0.398 e. The van der Waals surface area contributed by atoms with E-state index in [9.17, 15) is 14.9 Å². The fraction of sp³-hybridized carbons (Fsp3) is 0.0625. The molecular formula is C16H13N3O3. The lowest BCUT2D eigenvalue weighted by Gasteiger charge is -2.14. The Morgan fingerprint density at radius 1 is 1.27 bits per heavy atom. The number of aromatic nitrogens is 1. The van der Waals surface area contributed by atoms with Gasteiger partial charge in [-0.15, -0.1) is 6.58 Å². The van der Waals surface area contributed by atoms with Crippen molar-refractivity contribution < 1.29 is 4.92 Å². The van der Waals surface area contributed by atoms with Crippen molar-refractivity contribution >= 4 is 33.2 Å². The molecule has 0 aliphatic carbocycles. The third kappa shape index (κ3) is 1.85. The summed E-state index contributed by atoms with van der Waals surface area (Å²) in [5.74, 6) is 0. The molecule has 0 saturated heterocycles. The molecule has 6 nitrogen and oxygen atoms in total. The van der Waals surface area contributed by atoms with Gasteiger partial charge < -0.3 is 10.3 Å². The fourth-order valence-electron chi connectivity index (χ4n) is 2.73. The summed E-state index contributed by atoms with van der Waals surface area (Å²) in [6.07, 6.45) is 1.63. The van der Waals surface area contributed by atoms with Crippen LogP contribution in [0.5, 0.6) is 0 Å². The van der Waals surface area contributed by atoms with Crippen molar-refractivity contribution in [2.75, 3.05) is 5.73 Å². The average molecular weight is 295 g/mol. The molecule has 2 aromatic carbocycles. The number of nitro benzene ring substituents is 1. The minimum atomic E-state index is -0.504. The molecule has 22 heavy (non-hydrogen) atoms. The molecule has 2 N–H and O–H groups in total. The van der Waals surface area contributed by atoms with Crippen molar-refractivity contribution in [3.8, 4) is 0 Å². The Kier molecular flexibility index (Phi) is 3.14. The highest BCUT2D eigenvalue weighted by Gasteiger charge is 2.21. The van der Waals surface area contributed by atoms with E-state index in [1.165, 1.54) is 12.1 Å². The number of rotatable bonds is 3. The zero-order valence-corrected chi connectivity index (χ0v) is 11.7. The van der Waals surface area contributed by atoms with E-state index in [0.29, 0.717) is 17.4 Å². The van der Waals surface area contributed by atoms with E-state index in [4.69, 9.17) is 5.73 Å². The van der Waals surface area contributed by atoms with E-state index in [1.807, 2.05) is 0 Å². The van der Waals surface area contributed by atoms with Gasteiger partial charge >= 0.3 is 0 Å². The number of pyridine rings is 1. The number of nitro groups is 1. The molecule has 0 aliphatic heterocycles. The lowest BCUT2D eigenvalue weighted by Crippen LogP contribution is -2.14. The second-order valence-electron chi connectivity index (χ2n) is 4.90. The smallest absolute Gasteiger partial charge is 0.293 e. The predicted octanol–water partition coefficient (Wildman–Crippen LogP) is 2.83. The zero-order valence-electron chi connectivity index (χ0n) is 11.7. The fourth-order valence-corrected chi connectivity index (χ4v) is 2.73. The van der Waals surface area contributed by atoms with Crippen LogP contribution in [0.15, 0.2) is 53.8 Å². The first-order valence-electron chi connectivity index (χ1n) is 6.65. The highest BCUT2D eigenvalue weighted by atomic mass is 16.6. The van der Waals surface area contributed by atoms with Gasteiger partial charge in [0, 0.05) is 23.7 Å². The van der Waals surface area contributed by atoms with Crippen LogP contribution in [0.4, 0.5) is 11.4 Å². The highest BCUT2D eigenvalue weighted by molar-refractivity contribution is 6.03. The molecule has 0 fully saturated rings. The lowest BCUT2D eigenvalue weighted by atomic mass is 10.1. The number of para-hydroxylation sites is 1. The third-order valence-electron chi connectivity index (χ3n) is 3.63. The van der Waals surface area contributed by atoms with Gasteiger partial charge in [-0.25, -0.2) is 0 Å². The molecule has 1 aromatic heterocycles.